The largest absolute Gasteiger partial charge is 0.405 e. The quantitative estimate of drug-likeness (QED) is 0.477. The van der Waals surface area contributed by atoms with E-state index >= 15 is 0 Å². The number of hydrogen-bond acceptors (Lipinski definition) is 3. The Bertz CT molecular complexity index is 183. The molecule has 12 heavy (non-hydrogen) atoms. The Labute approximate surface area is 74.0 Å². The molecule has 4 heteroatoms. The SMILES string of the molecule is C#CP(=O)(OCCC)OCCC. The normalized spacial score (nSPS) is 11.1. The molecule has 0 aliphatic carbocycles. The van der Waals surface area contributed by atoms with E-state index in [-0.39, 0.29) is 0 Å². The Morgan fingerprint density at radius 1 is 1.25 bits per heavy atom. The summed E-state index contributed by atoms with van der Waals surface area (Å²) in [5.41, 5.74) is 2.06. The van der Waals surface area contributed by atoms with Crippen LogP contribution in [0.3, 0.4) is 0 Å². The van der Waals surface area contributed by atoms with E-state index < -0.39 is 7.60 Å². The van der Waals surface area contributed by atoms with Gasteiger partial charge in [0.1, 0.15) is 0 Å². The third kappa shape index (κ3) is 4.56. The smallest absolute Gasteiger partial charge is 0.299 e. The Kier molecular flexibility index (Phi) is 6.10. The summed E-state index contributed by atoms with van der Waals surface area (Å²) in [6, 6.07) is 0. The van der Waals surface area contributed by atoms with Gasteiger partial charge in [-0.3, -0.25) is 9.05 Å². The van der Waals surface area contributed by atoms with Crippen LogP contribution >= 0.6 is 7.60 Å². The Balaban J connectivity index is 3.90. The highest BCUT2D eigenvalue weighted by Gasteiger charge is 2.19. The third-order valence-electron chi connectivity index (χ3n) is 1.09. The molecule has 0 unspecified atom stereocenters. The molecule has 0 aliphatic heterocycles. The van der Waals surface area contributed by atoms with Gasteiger partial charge in [0.05, 0.1) is 13.2 Å². The molecule has 70 valence electrons. The Morgan fingerprint density at radius 3 is 1.92 bits per heavy atom. The molecule has 0 saturated heterocycles. The average molecular weight is 190 g/mol. The molecule has 0 atom stereocenters. The Hall–Kier alpha value is -0.290. The minimum atomic E-state index is -3.21. The summed E-state index contributed by atoms with van der Waals surface area (Å²) in [6.07, 6.45) is 6.58. The van der Waals surface area contributed by atoms with Crippen LogP contribution in [-0.4, -0.2) is 13.2 Å². The van der Waals surface area contributed by atoms with Crippen molar-refractivity contribution in [1.82, 2.24) is 0 Å². The first-order chi connectivity index (χ1) is 5.68. The molecule has 0 aromatic rings. The molecular formula is C8H15O3P. The zero-order valence-electron chi connectivity index (χ0n) is 7.58. The van der Waals surface area contributed by atoms with Crippen LogP contribution in [0.1, 0.15) is 26.7 Å². The summed E-state index contributed by atoms with van der Waals surface area (Å²) in [7, 11) is -3.21. The van der Waals surface area contributed by atoms with Crippen LogP contribution in [0, 0.1) is 12.1 Å². The molecule has 3 nitrogen and oxygen atoms in total. The minimum absolute atomic E-state index is 0.380. The molecule has 0 fully saturated rings. The van der Waals surface area contributed by atoms with Gasteiger partial charge in [-0.25, -0.2) is 4.57 Å². The van der Waals surface area contributed by atoms with E-state index in [0.717, 1.165) is 12.8 Å². The van der Waals surface area contributed by atoms with Crippen molar-refractivity contribution in [3.05, 3.63) is 0 Å². The van der Waals surface area contributed by atoms with Crippen molar-refractivity contribution >= 4 is 7.60 Å². The fourth-order valence-electron chi connectivity index (χ4n) is 0.535. The average Bonchev–Trinajstić information content (AvgIpc) is 2.11. The first kappa shape index (κ1) is 11.7. The van der Waals surface area contributed by atoms with Gasteiger partial charge in [-0.05, 0) is 12.8 Å². The van der Waals surface area contributed by atoms with Crippen LogP contribution in [0.15, 0.2) is 0 Å². The second kappa shape index (κ2) is 6.25. The highest BCUT2D eigenvalue weighted by atomic mass is 31.2. The van der Waals surface area contributed by atoms with E-state index in [2.05, 4.69) is 5.66 Å². The van der Waals surface area contributed by atoms with Crippen molar-refractivity contribution in [3.8, 4) is 12.1 Å². The van der Waals surface area contributed by atoms with Crippen molar-refractivity contribution in [2.24, 2.45) is 0 Å². The molecule has 0 spiro atoms. The van der Waals surface area contributed by atoms with Gasteiger partial charge in [0.25, 0.3) is 0 Å². The lowest BCUT2D eigenvalue weighted by Crippen LogP contribution is -1.95. The highest BCUT2D eigenvalue weighted by molar-refractivity contribution is 7.59. The zero-order valence-corrected chi connectivity index (χ0v) is 8.47. The molecule has 0 aliphatic rings. The van der Waals surface area contributed by atoms with Gasteiger partial charge >= 0.3 is 7.60 Å². The van der Waals surface area contributed by atoms with Crippen molar-refractivity contribution in [3.63, 3.8) is 0 Å². The van der Waals surface area contributed by atoms with E-state index in [9.17, 15) is 4.57 Å². The molecule has 0 radical (unpaired) electrons. The van der Waals surface area contributed by atoms with Gasteiger partial charge in [0.15, 0.2) is 0 Å². The fourth-order valence-corrected chi connectivity index (χ4v) is 1.60. The molecule has 0 heterocycles. The van der Waals surface area contributed by atoms with Gasteiger partial charge in [-0.1, -0.05) is 13.8 Å². The van der Waals surface area contributed by atoms with E-state index in [1.807, 2.05) is 13.8 Å². The summed E-state index contributed by atoms with van der Waals surface area (Å²) in [5, 5.41) is 0. The van der Waals surface area contributed by atoms with Gasteiger partial charge in [0.2, 0.25) is 0 Å². The first-order valence-corrected chi connectivity index (χ1v) is 5.59. The fraction of sp³-hybridized carbons (Fsp3) is 0.750. The van der Waals surface area contributed by atoms with Crippen molar-refractivity contribution < 1.29 is 13.6 Å². The van der Waals surface area contributed by atoms with Gasteiger partial charge in [0, 0.05) is 5.66 Å². The first-order valence-electron chi connectivity index (χ1n) is 4.05. The second-order valence-electron chi connectivity index (χ2n) is 2.29. The molecule has 0 bridgehead atoms. The van der Waals surface area contributed by atoms with Crippen LogP contribution in [0.2, 0.25) is 0 Å². The topological polar surface area (TPSA) is 35.5 Å². The monoisotopic (exact) mass is 190 g/mol. The summed E-state index contributed by atoms with van der Waals surface area (Å²) in [5.74, 6) is 0. The number of terminal acetylenes is 1. The summed E-state index contributed by atoms with van der Waals surface area (Å²) >= 11 is 0. The van der Waals surface area contributed by atoms with Crippen LogP contribution in [-0.2, 0) is 13.6 Å². The molecule has 0 N–H and O–H groups in total. The minimum Gasteiger partial charge on any atom is -0.299 e. The number of hydrogen-bond donors (Lipinski definition) is 0. The summed E-state index contributed by atoms with van der Waals surface area (Å²) < 4.78 is 21.3. The summed E-state index contributed by atoms with van der Waals surface area (Å²) in [4.78, 5) is 0. The molecule has 0 saturated carbocycles. The van der Waals surface area contributed by atoms with Gasteiger partial charge in [-0.2, -0.15) is 0 Å². The van der Waals surface area contributed by atoms with E-state index in [1.54, 1.807) is 0 Å². The molecule has 0 amide bonds. The van der Waals surface area contributed by atoms with Crippen molar-refractivity contribution in [2.45, 2.75) is 26.7 Å². The molecule has 0 rings (SSSR count). The van der Waals surface area contributed by atoms with Crippen LogP contribution in [0.5, 0.6) is 0 Å². The highest BCUT2D eigenvalue weighted by Crippen LogP contribution is 2.46. The van der Waals surface area contributed by atoms with Gasteiger partial charge < -0.3 is 0 Å². The molecule has 0 aromatic carbocycles. The maximum atomic E-state index is 11.4. The predicted octanol–water partition coefficient (Wildman–Crippen LogP) is 2.62. The maximum absolute atomic E-state index is 11.4. The zero-order chi connectivity index (χ0) is 9.45. The Morgan fingerprint density at radius 2 is 1.67 bits per heavy atom. The van der Waals surface area contributed by atoms with E-state index in [0.29, 0.717) is 13.2 Å². The standard InChI is InChI=1S/C8H15O3P/c1-4-7-10-12(9,6-3)11-8-5-2/h3H,4-5,7-8H2,1-2H3. The van der Waals surface area contributed by atoms with Crippen molar-refractivity contribution in [2.75, 3.05) is 13.2 Å². The van der Waals surface area contributed by atoms with Crippen LogP contribution in [0.4, 0.5) is 0 Å². The predicted molar refractivity (Wildman–Crippen MR) is 48.9 cm³/mol. The van der Waals surface area contributed by atoms with E-state index in [4.69, 9.17) is 15.5 Å². The number of rotatable bonds is 6. The summed E-state index contributed by atoms with van der Waals surface area (Å²) in [6.45, 7) is 4.59. The molecule has 0 aromatic heterocycles. The van der Waals surface area contributed by atoms with Crippen LogP contribution in [0.25, 0.3) is 0 Å². The molecular weight excluding hydrogens is 175 g/mol. The van der Waals surface area contributed by atoms with Crippen LogP contribution < -0.4 is 0 Å². The lowest BCUT2D eigenvalue weighted by Gasteiger charge is -2.11. The lowest BCUT2D eigenvalue weighted by molar-refractivity contribution is 0.214. The maximum Gasteiger partial charge on any atom is 0.405 e. The second-order valence-corrected chi connectivity index (χ2v) is 4.06. The van der Waals surface area contributed by atoms with Crippen molar-refractivity contribution in [1.29, 1.82) is 0 Å². The third-order valence-corrected chi connectivity index (χ3v) is 2.45. The lowest BCUT2D eigenvalue weighted by atomic mass is 10.5. The van der Waals surface area contributed by atoms with Gasteiger partial charge in [-0.15, -0.1) is 6.42 Å². The van der Waals surface area contributed by atoms with E-state index in [1.165, 1.54) is 0 Å².